The molecular weight excluding hydrogens is 342 g/mol. The van der Waals surface area contributed by atoms with Gasteiger partial charge < -0.3 is 5.32 Å². The molecule has 1 aromatic carbocycles. The first-order chi connectivity index (χ1) is 11.7. The van der Waals surface area contributed by atoms with E-state index in [1.54, 1.807) is 10.6 Å². The fraction of sp³-hybridized carbons (Fsp3) is 0.125. The largest absolute Gasteiger partial charge is 0.321 e. The molecule has 3 aromatic heterocycles. The molecule has 0 fully saturated rings. The lowest BCUT2D eigenvalue weighted by Gasteiger charge is -2.05. The Hall–Kier alpha value is -2.58. The summed E-state index contributed by atoms with van der Waals surface area (Å²) in [7, 11) is 0. The zero-order valence-electron chi connectivity index (χ0n) is 12.8. The van der Waals surface area contributed by atoms with E-state index in [2.05, 4.69) is 20.6 Å². The van der Waals surface area contributed by atoms with Crippen molar-refractivity contribution in [3.05, 3.63) is 52.5 Å². The molecular formula is C16H13N5OS2. The molecule has 0 atom stereocenters. The smallest absolute Gasteiger partial charge is 0.265 e. The van der Waals surface area contributed by atoms with Gasteiger partial charge in [-0.2, -0.15) is 9.61 Å². The van der Waals surface area contributed by atoms with Gasteiger partial charge in [-0.25, -0.2) is 0 Å². The summed E-state index contributed by atoms with van der Waals surface area (Å²) in [4.78, 5) is 13.6. The number of aromatic nitrogens is 4. The van der Waals surface area contributed by atoms with E-state index in [4.69, 9.17) is 0 Å². The maximum atomic E-state index is 12.2. The van der Waals surface area contributed by atoms with Gasteiger partial charge in [-0.15, -0.1) is 21.5 Å². The summed E-state index contributed by atoms with van der Waals surface area (Å²) < 4.78 is 1.77. The number of hydrogen-bond donors (Lipinski definition) is 1. The number of nitrogens with one attached hydrogen (secondary N) is 1. The Kier molecular flexibility index (Phi) is 3.83. The van der Waals surface area contributed by atoms with Crippen LogP contribution in [0.1, 0.15) is 22.4 Å². The fourth-order valence-corrected chi connectivity index (χ4v) is 3.80. The average Bonchev–Trinajstić information content (AvgIpc) is 3.31. The molecule has 4 rings (SSSR count). The molecule has 0 radical (unpaired) electrons. The van der Waals surface area contributed by atoms with Crippen LogP contribution in [0.25, 0.3) is 15.5 Å². The number of carbonyl (C=O) groups is 1. The zero-order valence-corrected chi connectivity index (χ0v) is 14.4. The summed E-state index contributed by atoms with van der Waals surface area (Å²) in [5.41, 5.74) is 1.68. The number of rotatable bonds is 4. The maximum absolute atomic E-state index is 12.2. The second-order valence-electron chi connectivity index (χ2n) is 5.08. The van der Waals surface area contributed by atoms with E-state index in [0.29, 0.717) is 4.88 Å². The number of hydrogen-bond acceptors (Lipinski definition) is 6. The van der Waals surface area contributed by atoms with Crippen molar-refractivity contribution in [2.24, 2.45) is 0 Å². The first-order valence-corrected chi connectivity index (χ1v) is 9.10. The van der Waals surface area contributed by atoms with Crippen LogP contribution in [0.4, 0.5) is 5.69 Å². The van der Waals surface area contributed by atoms with Crippen LogP contribution >= 0.6 is 22.7 Å². The van der Waals surface area contributed by atoms with E-state index >= 15 is 0 Å². The van der Waals surface area contributed by atoms with Gasteiger partial charge in [0.05, 0.1) is 4.88 Å². The van der Waals surface area contributed by atoms with Gasteiger partial charge in [-0.1, -0.05) is 36.5 Å². The van der Waals surface area contributed by atoms with Crippen molar-refractivity contribution in [3.63, 3.8) is 0 Å². The van der Waals surface area contributed by atoms with Crippen LogP contribution in [0.3, 0.4) is 0 Å². The van der Waals surface area contributed by atoms with Crippen molar-refractivity contribution in [3.8, 4) is 10.6 Å². The summed E-state index contributed by atoms with van der Waals surface area (Å²) in [6.07, 6.45) is 0.779. The predicted molar refractivity (Wildman–Crippen MR) is 95.7 cm³/mol. The van der Waals surface area contributed by atoms with E-state index < -0.39 is 0 Å². The minimum atomic E-state index is -0.103. The summed E-state index contributed by atoms with van der Waals surface area (Å²) in [6.45, 7) is 2.02. The summed E-state index contributed by atoms with van der Waals surface area (Å²) in [5.74, 6) is 0.739. The summed E-state index contributed by atoms with van der Waals surface area (Å²) in [5, 5.41) is 18.5. The van der Waals surface area contributed by atoms with Gasteiger partial charge in [0.25, 0.3) is 5.91 Å². The second-order valence-corrected chi connectivity index (χ2v) is 6.99. The normalized spacial score (nSPS) is 11.0. The Labute approximate surface area is 145 Å². The highest BCUT2D eigenvalue weighted by molar-refractivity contribution is 7.19. The van der Waals surface area contributed by atoms with Crippen LogP contribution in [-0.2, 0) is 6.42 Å². The highest BCUT2D eigenvalue weighted by atomic mass is 32.1. The van der Waals surface area contributed by atoms with E-state index in [1.165, 1.54) is 22.7 Å². The Morgan fingerprint density at radius 2 is 2.17 bits per heavy atom. The highest BCUT2D eigenvalue weighted by Crippen LogP contribution is 2.27. The molecule has 0 unspecified atom stereocenters. The second kappa shape index (κ2) is 6.14. The molecule has 0 bridgehead atoms. The molecule has 1 amide bonds. The van der Waals surface area contributed by atoms with Crippen LogP contribution in [0.5, 0.6) is 0 Å². The third-order valence-corrected chi connectivity index (χ3v) is 5.30. The third-order valence-electron chi connectivity index (χ3n) is 3.48. The Bertz CT molecular complexity index is 1000. The first kappa shape index (κ1) is 15.0. The van der Waals surface area contributed by atoms with Crippen LogP contribution in [0, 0.1) is 0 Å². The molecule has 8 heteroatoms. The minimum absolute atomic E-state index is 0.103. The molecule has 4 aromatic rings. The summed E-state index contributed by atoms with van der Waals surface area (Å²) in [6, 6.07) is 11.3. The number of anilines is 1. The van der Waals surface area contributed by atoms with Crippen molar-refractivity contribution in [1.29, 1.82) is 0 Å². The maximum Gasteiger partial charge on any atom is 0.265 e. The standard InChI is InChI=1S/C16H13N5OS2/c1-2-13-18-19-16-21(13)20-15(24-16)10-5-3-6-11(9-10)17-14(22)12-7-4-8-23-12/h3-9H,2H2,1H3,(H,17,22). The van der Waals surface area contributed by atoms with Gasteiger partial charge in [-0.3, -0.25) is 4.79 Å². The summed E-state index contributed by atoms with van der Waals surface area (Å²) >= 11 is 2.90. The predicted octanol–water partition coefficient (Wildman–Crippen LogP) is 3.73. The van der Waals surface area contributed by atoms with Gasteiger partial charge in [0, 0.05) is 17.7 Å². The third kappa shape index (κ3) is 2.70. The van der Waals surface area contributed by atoms with Crippen LogP contribution in [0.2, 0.25) is 0 Å². The lowest BCUT2D eigenvalue weighted by molar-refractivity contribution is 0.103. The number of aryl methyl sites for hydroxylation is 1. The number of amides is 1. The van der Waals surface area contributed by atoms with Crippen molar-refractivity contribution in [1.82, 2.24) is 19.8 Å². The molecule has 120 valence electrons. The molecule has 0 saturated heterocycles. The lowest BCUT2D eigenvalue weighted by Crippen LogP contribution is -2.09. The quantitative estimate of drug-likeness (QED) is 0.605. The highest BCUT2D eigenvalue weighted by Gasteiger charge is 2.13. The molecule has 3 heterocycles. The lowest BCUT2D eigenvalue weighted by atomic mass is 10.2. The van der Waals surface area contributed by atoms with E-state index in [1.807, 2.05) is 42.6 Å². The topological polar surface area (TPSA) is 72.2 Å². The van der Waals surface area contributed by atoms with Crippen LogP contribution in [0.15, 0.2) is 41.8 Å². The van der Waals surface area contributed by atoms with Gasteiger partial charge in [-0.05, 0) is 23.6 Å². The monoisotopic (exact) mass is 355 g/mol. The number of fused-ring (bicyclic) bond motifs is 1. The molecule has 1 N–H and O–H groups in total. The molecule has 6 nitrogen and oxygen atoms in total. The Morgan fingerprint density at radius 1 is 1.25 bits per heavy atom. The molecule has 0 spiro atoms. The molecule has 0 saturated carbocycles. The number of carbonyl (C=O) groups excluding carboxylic acids is 1. The van der Waals surface area contributed by atoms with E-state index in [-0.39, 0.29) is 5.91 Å². The Morgan fingerprint density at radius 3 is 2.96 bits per heavy atom. The van der Waals surface area contributed by atoms with Gasteiger partial charge in [0.1, 0.15) is 5.01 Å². The van der Waals surface area contributed by atoms with Crippen molar-refractivity contribution in [2.45, 2.75) is 13.3 Å². The fourth-order valence-electron chi connectivity index (χ4n) is 2.33. The minimum Gasteiger partial charge on any atom is -0.321 e. The molecule has 0 aliphatic heterocycles. The number of nitrogens with zero attached hydrogens (tertiary/aromatic N) is 4. The Balaban J connectivity index is 1.63. The van der Waals surface area contributed by atoms with Gasteiger partial charge >= 0.3 is 0 Å². The van der Waals surface area contributed by atoms with Gasteiger partial charge in [0.2, 0.25) is 4.96 Å². The molecule has 0 aliphatic rings. The number of thiophene rings is 1. The SMILES string of the molecule is CCc1nnc2sc(-c3cccc(NC(=O)c4cccs4)c3)nn12. The van der Waals surface area contributed by atoms with Crippen molar-refractivity contribution >= 4 is 39.2 Å². The number of benzene rings is 1. The van der Waals surface area contributed by atoms with E-state index in [0.717, 1.165) is 33.5 Å². The zero-order chi connectivity index (χ0) is 16.5. The van der Waals surface area contributed by atoms with E-state index in [9.17, 15) is 4.79 Å². The van der Waals surface area contributed by atoms with Crippen LogP contribution in [-0.4, -0.2) is 25.7 Å². The average molecular weight is 355 g/mol. The molecule has 24 heavy (non-hydrogen) atoms. The van der Waals surface area contributed by atoms with Crippen molar-refractivity contribution < 1.29 is 4.79 Å². The first-order valence-electron chi connectivity index (χ1n) is 7.41. The molecule has 0 aliphatic carbocycles. The van der Waals surface area contributed by atoms with Gasteiger partial charge in [0.15, 0.2) is 5.82 Å². The van der Waals surface area contributed by atoms with Crippen LogP contribution < -0.4 is 5.32 Å². The van der Waals surface area contributed by atoms with Crippen molar-refractivity contribution in [2.75, 3.05) is 5.32 Å².